The summed E-state index contributed by atoms with van der Waals surface area (Å²) < 4.78 is 5.05. The van der Waals surface area contributed by atoms with E-state index < -0.39 is 0 Å². The van der Waals surface area contributed by atoms with Crippen molar-refractivity contribution in [3.63, 3.8) is 0 Å². The Balaban J connectivity index is 2.16. The summed E-state index contributed by atoms with van der Waals surface area (Å²) in [6.07, 6.45) is 3.67. The van der Waals surface area contributed by atoms with Crippen LogP contribution in [0.3, 0.4) is 0 Å². The van der Waals surface area contributed by atoms with E-state index in [1.54, 1.807) is 13.3 Å². The summed E-state index contributed by atoms with van der Waals surface area (Å²) in [5.41, 5.74) is 1.22. The van der Waals surface area contributed by atoms with Crippen LogP contribution in [-0.2, 0) is 11.3 Å². The van der Waals surface area contributed by atoms with Crippen molar-refractivity contribution in [2.24, 2.45) is 5.92 Å². The predicted octanol–water partition coefficient (Wildman–Crippen LogP) is 1.45. The van der Waals surface area contributed by atoms with Crippen LogP contribution >= 0.6 is 0 Å². The van der Waals surface area contributed by atoms with Crippen molar-refractivity contribution in [3.05, 3.63) is 30.1 Å². The Kier molecular flexibility index (Phi) is 5.19. The zero-order valence-corrected chi connectivity index (χ0v) is 8.86. The molecule has 0 bridgehead atoms. The van der Waals surface area contributed by atoms with Gasteiger partial charge in [0.2, 0.25) is 0 Å². The Hall–Kier alpha value is -0.930. The van der Waals surface area contributed by atoms with Crippen LogP contribution in [0.25, 0.3) is 0 Å². The molecule has 0 saturated heterocycles. The van der Waals surface area contributed by atoms with Crippen molar-refractivity contribution >= 4 is 0 Å². The molecule has 1 N–H and O–H groups in total. The van der Waals surface area contributed by atoms with Crippen LogP contribution in [0, 0.1) is 5.92 Å². The second-order valence-electron chi connectivity index (χ2n) is 3.55. The fourth-order valence-electron chi connectivity index (χ4n) is 1.31. The highest BCUT2D eigenvalue weighted by molar-refractivity contribution is 5.07. The van der Waals surface area contributed by atoms with E-state index in [9.17, 15) is 0 Å². The van der Waals surface area contributed by atoms with E-state index in [1.165, 1.54) is 5.56 Å². The maximum atomic E-state index is 5.05. The van der Waals surface area contributed by atoms with Gasteiger partial charge in [0.1, 0.15) is 0 Å². The number of nitrogens with one attached hydrogen (secondary N) is 1. The van der Waals surface area contributed by atoms with Crippen molar-refractivity contribution in [2.75, 3.05) is 20.3 Å². The Morgan fingerprint density at radius 1 is 1.57 bits per heavy atom. The molecule has 14 heavy (non-hydrogen) atoms. The van der Waals surface area contributed by atoms with Gasteiger partial charge in [0, 0.05) is 39.2 Å². The smallest absolute Gasteiger partial charge is 0.0499 e. The second kappa shape index (κ2) is 6.51. The highest BCUT2D eigenvalue weighted by atomic mass is 16.5. The molecule has 0 aliphatic heterocycles. The topological polar surface area (TPSA) is 34.1 Å². The number of ether oxygens (including phenoxy) is 1. The second-order valence-corrected chi connectivity index (χ2v) is 3.55. The first kappa shape index (κ1) is 11.1. The number of nitrogens with zero attached hydrogens (tertiary/aromatic N) is 1. The monoisotopic (exact) mass is 194 g/mol. The van der Waals surface area contributed by atoms with Gasteiger partial charge in [0.15, 0.2) is 0 Å². The molecule has 0 radical (unpaired) electrons. The number of hydrogen-bond donors (Lipinski definition) is 1. The van der Waals surface area contributed by atoms with Crippen LogP contribution in [0.1, 0.15) is 12.5 Å². The average Bonchev–Trinajstić information content (AvgIpc) is 2.20. The molecule has 1 heterocycles. The Morgan fingerprint density at radius 3 is 3.07 bits per heavy atom. The summed E-state index contributed by atoms with van der Waals surface area (Å²) in [6.45, 7) is 4.82. The van der Waals surface area contributed by atoms with Crippen LogP contribution in [0.5, 0.6) is 0 Å². The number of rotatable bonds is 6. The van der Waals surface area contributed by atoms with Gasteiger partial charge in [0.25, 0.3) is 0 Å². The van der Waals surface area contributed by atoms with Gasteiger partial charge in [-0.05, 0) is 17.5 Å². The quantitative estimate of drug-likeness (QED) is 0.744. The van der Waals surface area contributed by atoms with Gasteiger partial charge in [-0.2, -0.15) is 0 Å². The van der Waals surface area contributed by atoms with Crippen LogP contribution in [0.4, 0.5) is 0 Å². The Morgan fingerprint density at radius 2 is 2.43 bits per heavy atom. The van der Waals surface area contributed by atoms with E-state index in [0.717, 1.165) is 19.7 Å². The molecule has 0 aliphatic rings. The maximum absolute atomic E-state index is 5.05. The van der Waals surface area contributed by atoms with Gasteiger partial charge in [0.05, 0.1) is 0 Å². The molecule has 1 rings (SSSR count). The molecular weight excluding hydrogens is 176 g/mol. The number of hydrogen-bond acceptors (Lipinski definition) is 3. The lowest BCUT2D eigenvalue weighted by molar-refractivity contribution is 0.158. The molecule has 1 unspecified atom stereocenters. The highest BCUT2D eigenvalue weighted by Gasteiger charge is 1.99. The summed E-state index contributed by atoms with van der Waals surface area (Å²) in [6, 6.07) is 4.02. The average molecular weight is 194 g/mol. The van der Waals surface area contributed by atoms with Crippen molar-refractivity contribution < 1.29 is 4.74 Å². The van der Waals surface area contributed by atoms with Crippen molar-refractivity contribution in [1.29, 1.82) is 0 Å². The molecule has 3 heteroatoms. The lowest BCUT2D eigenvalue weighted by Gasteiger charge is -2.10. The third-order valence-corrected chi connectivity index (χ3v) is 2.00. The van der Waals surface area contributed by atoms with Crippen molar-refractivity contribution in [1.82, 2.24) is 10.3 Å². The molecule has 0 aromatic carbocycles. The van der Waals surface area contributed by atoms with Gasteiger partial charge in [-0.3, -0.25) is 4.98 Å². The molecule has 3 nitrogen and oxygen atoms in total. The van der Waals surface area contributed by atoms with E-state index >= 15 is 0 Å². The summed E-state index contributed by atoms with van der Waals surface area (Å²) in [4.78, 5) is 4.05. The largest absolute Gasteiger partial charge is 0.384 e. The van der Waals surface area contributed by atoms with Gasteiger partial charge in [-0.1, -0.05) is 13.0 Å². The standard InChI is InChI=1S/C11H18N2O/c1-10(9-14-2)6-13-8-11-4-3-5-12-7-11/h3-5,7,10,13H,6,8-9H2,1-2H3. The molecule has 1 atom stereocenters. The van der Waals surface area contributed by atoms with E-state index in [0.29, 0.717) is 5.92 Å². The minimum absolute atomic E-state index is 0.552. The summed E-state index contributed by atoms with van der Waals surface area (Å²) in [5.74, 6) is 0.552. The molecule has 78 valence electrons. The first-order valence-corrected chi connectivity index (χ1v) is 4.91. The summed E-state index contributed by atoms with van der Waals surface area (Å²) in [7, 11) is 1.73. The van der Waals surface area contributed by atoms with Crippen LogP contribution in [-0.4, -0.2) is 25.2 Å². The molecular formula is C11H18N2O. The van der Waals surface area contributed by atoms with Gasteiger partial charge in [-0.25, -0.2) is 0 Å². The molecule has 0 fully saturated rings. The Bertz CT molecular complexity index is 238. The third-order valence-electron chi connectivity index (χ3n) is 2.00. The SMILES string of the molecule is COCC(C)CNCc1cccnc1. The van der Waals surface area contributed by atoms with Gasteiger partial charge < -0.3 is 10.1 Å². The van der Waals surface area contributed by atoms with Gasteiger partial charge in [-0.15, -0.1) is 0 Å². The molecule has 0 aliphatic carbocycles. The van der Waals surface area contributed by atoms with Crippen LogP contribution < -0.4 is 5.32 Å². The zero-order chi connectivity index (χ0) is 10.2. The molecule has 0 spiro atoms. The third kappa shape index (κ3) is 4.35. The number of aromatic nitrogens is 1. The van der Waals surface area contributed by atoms with Crippen LogP contribution in [0.2, 0.25) is 0 Å². The van der Waals surface area contributed by atoms with Crippen LogP contribution in [0.15, 0.2) is 24.5 Å². The normalized spacial score (nSPS) is 12.7. The number of methoxy groups -OCH3 is 1. The lowest BCUT2D eigenvalue weighted by atomic mass is 10.2. The van der Waals surface area contributed by atoms with E-state index in [-0.39, 0.29) is 0 Å². The summed E-state index contributed by atoms with van der Waals surface area (Å²) >= 11 is 0. The molecule has 0 saturated carbocycles. The lowest BCUT2D eigenvalue weighted by Crippen LogP contribution is -2.23. The van der Waals surface area contributed by atoms with Crippen molar-refractivity contribution in [3.8, 4) is 0 Å². The summed E-state index contributed by atoms with van der Waals surface area (Å²) in [5, 5.41) is 3.37. The fourth-order valence-corrected chi connectivity index (χ4v) is 1.31. The van der Waals surface area contributed by atoms with E-state index in [2.05, 4.69) is 23.3 Å². The fraction of sp³-hybridized carbons (Fsp3) is 0.545. The van der Waals surface area contributed by atoms with Gasteiger partial charge >= 0.3 is 0 Å². The molecule has 1 aromatic rings. The van der Waals surface area contributed by atoms with E-state index in [4.69, 9.17) is 4.74 Å². The first-order chi connectivity index (χ1) is 6.83. The Labute approximate surface area is 85.5 Å². The van der Waals surface area contributed by atoms with Crippen molar-refractivity contribution in [2.45, 2.75) is 13.5 Å². The number of pyridine rings is 1. The highest BCUT2D eigenvalue weighted by Crippen LogP contribution is 1.96. The minimum atomic E-state index is 0.552. The molecule has 1 aromatic heterocycles. The zero-order valence-electron chi connectivity index (χ0n) is 8.86. The maximum Gasteiger partial charge on any atom is 0.0499 e. The predicted molar refractivity (Wildman–Crippen MR) is 57.0 cm³/mol. The van der Waals surface area contributed by atoms with E-state index in [1.807, 2.05) is 12.3 Å². The minimum Gasteiger partial charge on any atom is -0.384 e. The molecule has 0 amide bonds. The first-order valence-electron chi connectivity index (χ1n) is 4.91.